The predicted octanol–water partition coefficient (Wildman–Crippen LogP) is 3.14. The van der Waals surface area contributed by atoms with Crippen LogP contribution in [-0.4, -0.2) is 46.7 Å². The van der Waals surface area contributed by atoms with Gasteiger partial charge < -0.3 is 15.1 Å². The molecule has 0 aromatic heterocycles. The number of benzene rings is 2. The monoisotopic (exact) mass is 405 g/mol. The molecule has 2 heterocycles. The lowest BCUT2D eigenvalue weighted by molar-refractivity contribution is -0.135. The summed E-state index contributed by atoms with van der Waals surface area (Å²) < 4.78 is 0. The van der Waals surface area contributed by atoms with Crippen molar-refractivity contribution >= 4 is 23.4 Å². The zero-order chi connectivity index (χ0) is 21.3. The molecule has 0 radical (unpaired) electrons. The first kappa shape index (κ1) is 20.1. The molecule has 2 aromatic carbocycles. The summed E-state index contributed by atoms with van der Waals surface area (Å²) >= 11 is 0. The molecule has 3 amide bonds. The lowest BCUT2D eigenvalue weighted by atomic mass is 9.92. The van der Waals surface area contributed by atoms with Crippen LogP contribution in [-0.2, 0) is 22.6 Å². The van der Waals surface area contributed by atoms with Gasteiger partial charge in [-0.2, -0.15) is 0 Å². The number of carbonyl (C=O) groups excluding carboxylic acids is 3. The van der Waals surface area contributed by atoms with E-state index in [1.165, 1.54) is 6.92 Å². The van der Waals surface area contributed by atoms with Crippen LogP contribution in [0.2, 0.25) is 0 Å². The summed E-state index contributed by atoms with van der Waals surface area (Å²) in [4.78, 5) is 41.7. The predicted molar refractivity (Wildman–Crippen MR) is 115 cm³/mol. The fraction of sp³-hybridized carbons (Fsp3) is 0.375. The summed E-state index contributed by atoms with van der Waals surface area (Å²) in [7, 11) is 0. The minimum atomic E-state index is -0.504. The molecule has 1 atom stereocenters. The number of likely N-dealkylation sites (tertiary alicyclic amines) is 1. The van der Waals surface area contributed by atoms with E-state index >= 15 is 0 Å². The lowest BCUT2D eigenvalue weighted by Crippen LogP contribution is -2.53. The number of fused-ring (bicyclic) bond motifs is 1. The van der Waals surface area contributed by atoms with Gasteiger partial charge in [-0.3, -0.25) is 14.4 Å². The summed E-state index contributed by atoms with van der Waals surface area (Å²) in [5.41, 5.74) is 4.39. The van der Waals surface area contributed by atoms with Crippen LogP contribution in [0.3, 0.4) is 0 Å². The van der Waals surface area contributed by atoms with Crippen LogP contribution < -0.4 is 5.32 Å². The van der Waals surface area contributed by atoms with Crippen LogP contribution in [0, 0.1) is 6.92 Å². The first-order valence-electron chi connectivity index (χ1n) is 10.5. The van der Waals surface area contributed by atoms with Crippen molar-refractivity contribution in [3.05, 3.63) is 64.7 Å². The smallest absolute Gasteiger partial charge is 0.254 e. The van der Waals surface area contributed by atoms with Crippen LogP contribution in [0.4, 0.5) is 5.69 Å². The van der Waals surface area contributed by atoms with Crippen molar-refractivity contribution in [2.45, 2.75) is 45.7 Å². The third-order valence-electron chi connectivity index (χ3n) is 5.92. The van der Waals surface area contributed by atoms with Crippen LogP contribution in [0.1, 0.15) is 46.8 Å². The maximum absolute atomic E-state index is 13.4. The standard InChI is InChI=1S/C24H27N3O3/c1-16-5-7-18(8-6-16)23(29)27-15-20-13-21(25-17(2)28)10-9-19(20)14-22(27)24(30)26-11-3-4-12-26/h5-10,13,22H,3-4,11-12,14-15H2,1-2H3,(H,25,28)/t22-/m0/s1. The van der Waals surface area contributed by atoms with Crippen LogP contribution in [0.25, 0.3) is 0 Å². The molecule has 1 saturated heterocycles. The first-order valence-corrected chi connectivity index (χ1v) is 10.5. The molecule has 0 unspecified atom stereocenters. The molecule has 6 heteroatoms. The highest BCUT2D eigenvalue weighted by Crippen LogP contribution is 2.29. The fourth-order valence-corrected chi connectivity index (χ4v) is 4.31. The summed E-state index contributed by atoms with van der Waals surface area (Å²) in [5, 5.41) is 2.80. The second kappa shape index (κ2) is 8.30. The van der Waals surface area contributed by atoms with Crippen LogP contribution in [0.5, 0.6) is 0 Å². The van der Waals surface area contributed by atoms with E-state index in [1.807, 2.05) is 54.3 Å². The van der Waals surface area contributed by atoms with E-state index in [-0.39, 0.29) is 17.7 Å². The van der Waals surface area contributed by atoms with Crippen molar-refractivity contribution in [1.82, 2.24) is 9.80 Å². The molecule has 4 rings (SSSR count). The molecule has 2 aromatic rings. The molecule has 156 valence electrons. The molecule has 2 aliphatic heterocycles. The molecule has 2 aliphatic rings. The van der Waals surface area contributed by atoms with Gasteiger partial charge in [0.25, 0.3) is 5.91 Å². The summed E-state index contributed by atoms with van der Waals surface area (Å²) in [5.74, 6) is -0.242. The highest BCUT2D eigenvalue weighted by atomic mass is 16.2. The molecule has 1 N–H and O–H groups in total. The number of hydrogen-bond acceptors (Lipinski definition) is 3. The van der Waals surface area contributed by atoms with E-state index < -0.39 is 6.04 Å². The zero-order valence-corrected chi connectivity index (χ0v) is 17.5. The SMILES string of the molecule is CC(=O)Nc1ccc2c(c1)CN(C(=O)c1ccc(C)cc1)[C@H](C(=O)N1CCCC1)C2. The third-order valence-corrected chi connectivity index (χ3v) is 5.92. The molecular weight excluding hydrogens is 378 g/mol. The second-order valence-corrected chi connectivity index (χ2v) is 8.22. The number of amides is 3. The fourth-order valence-electron chi connectivity index (χ4n) is 4.31. The lowest BCUT2D eigenvalue weighted by Gasteiger charge is -2.38. The molecule has 0 spiro atoms. The molecule has 1 fully saturated rings. The molecule has 0 aliphatic carbocycles. The van der Waals surface area contributed by atoms with E-state index in [0.717, 1.165) is 42.6 Å². The molecule has 6 nitrogen and oxygen atoms in total. The number of nitrogens with one attached hydrogen (secondary N) is 1. The number of hydrogen-bond donors (Lipinski definition) is 1. The van der Waals surface area contributed by atoms with E-state index in [4.69, 9.17) is 0 Å². The van der Waals surface area contributed by atoms with Crippen LogP contribution in [0.15, 0.2) is 42.5 Å². The Hall–Kier alpha value is -3.15. The summed E-state index contributed by atoms with van der Waals surface area (Å²) in [6.07, 6.45) is 2.52. The minimum absolute atomic E-state index is 0.0320. The Bertz CT molecular complexity index is 978. The van der Waals surface area contributed by atoms with Crippen molar-refractivity contribution in [2.75, 3.05) is 18.4 Å². The van der Waals surface area contributed by atoms with Crippen molar-refractivity contribution < 1.29 is 14.4 Å². The van der Waals surface area contributed by atoms with Crippen molar-refractivity contribution in [2.24, 2.45) is 0 Å². The van der Waals surface area contributed by atoms with Gasteiger partial charge in [-0.05, 0) is 55.2 Å². The average Bonchev–Trinajstić information content (AvgIpc) is 3.27. The quantitative estimate of drug-likeness (QED) is 0.853. The Morgan fingerprint density at radius 2 is 1.67 bits per heavy atom. The summed E-state index contributed by atoms with van der Waals surface area (Å²) in [6.45, 7) is 5.32. The van der Waals surface area contributed by atoms with E-state index in [2.05, 4.69) is 5.32 Å². The van der Waals surface area contributed by atoms with Gasteiger partial charge in [0, 0.05) is 44.2 Å². The summed E-state index contributed by atoms with van der Waals surface area (Å²) in [6, 6.07) is 12.7. The van der Waals surface area contributed by atoms with Crippen LogP contribution >= 0.6 is 0 Å². The molecule has 30 heavy (non-hydrogen) atoms. The highest BCUT2D eigenvalue weighted by Gasteiger charge is 2.38. The second-order valence-electron chi connectivity index (χ2n) is 8.22. The van der Waals surface area contributed by atoms with Crippen molar-refractivity contribution in [3.8, 4) is 0 Å². The Morgan fingerprint density at radius 1 is 0.967 bits per heavy atom. The Labute approximate surface area is 176 Å². The van der Waals surface area contributed by atoms with Gasteiger partial charge in [0.05, 0.1) is 0 Å². The number of aryl methyl sites for hydroxylation is 1. The van der Waals surface area contributed by atoms with Gasteiger partial charge in [0.2, 0.25) is 11.8 Å². The average molecular weight is 405 g/mol. The first-order chi connectivity index (χ1) is 14.4. The Morgan fingerprint density at radius 3 is 2.33 bits per heavy atom. The Balaban J connectivity index is 1.67. The number of rotatable bonds is 3. The van der Waals surface area contributed by atoms with Gasteiger partial charge in [0.1, 0.15) is 6.04 Å². The Kier molecular flexibility index (Phi) is 5.57. The van der Waals surface area contributed by atoms with E-state index in [1.54, 1.807) is 4.90 Å². The highest BCUT2D eigenvalue weighted by molar-refractivity contribution is 5.98. The maximum atomic E-state index is 13.4. The molecule has 0 saturated carbocycles. The molecule has 0 bridgehead atoms. The van der Waals surface area contributed by atoms with Crippen molar-refractivity contribution in [1.29, 1.82) is 0 Å². The van der Waals surface area contributed by atoms with Gasteiger partial charge >= 0.3 is 0 Å². The largest absolute Gasteiger partial charge is 0.341 e. The number of nitrogens with zero attached hydrogens (tertiary/aromatic N) is 2. The van der Waals surface area contributed by atoms with Gasteiger partial charge in [0.15, 0.2) is 0 Å². The van der Waals surface area contributed by atoms with Gasteiger partial charge in [-0.1, -0.05) is 23.8 Å². The van der Waals surface area contributed by atoms with E-state index in [0.29, 0.717) is 24.2 Å². The molecular formula is C24H27N3O3. The normalized spacial score (nSPS) is 18.1. The minimum Gasteiger partial charge on any atom is -0.341 e. The van der Waals surface area contributed by atoms with Gasteiger partial charge in [-0.15, -0.1) is 0 Å². The van der Waals surface area contributed by atoms with Crippen molar-refractivity contribution in [3.63, 3.8) is 0 Å². The van der Waals surface area contributed by atoms with Gasteiger partial charge in [-0.25, -0.2) is 0 Å². The maximum Gasteiger partial charge on any atom is 0.254 e. The van der Waals surface area contributed by atoms with E-state index in [9.17, 15) is 14.4 Å². The number of anilines is 1. The number of carbonyl (C=O) groups is 3. The third kappa shape index (κ3) is 4.08. The zero-order valence-electron chi connectivity index (χ0n) is 17.5. The topological polar surface area (TPSA) is 69.7 Å².